The molecule has 1 aromatic heterocycles. The van der Waals surface area contributed by atoms with Crippen molar-refractivity contribution in [3.63, 3.8) is 0 Å². The lowest BCUT2D eigenvalue weighted by Gasteiger charge is -2.13. The maximum Gasteiger partial charge on any atom is 0.241 e. The number of sulfonamides is 1. The molecule has 2 N–H and O–H groups in total. The van der Waals surface area contributed by atoms with Crippen LogP contribution in [0.1, 0.15) is 16.8 Å². The summed E-state index contributed by atoms with van der Waals surface area (Å²) >= 11 is 0. The molecule has 1 heterocycles. The second-order valence-corrected chi connectivity index (χ2v) is 6.70. The smallest absolute Gasteiger partial charge is 0.241 e. The lowest BCUT2D eigenvalue weighted by Crippen LogP contribution is -2.25. The number of hydrogen-bond acceptors (Lipinski definition) is 4. The summed E-state index contributed by atoms with van der Waals surface area (Å²) in [6.45, 7) is 3.77. The van der Waals surface area contributed by atoms with Gasteiger partial charge in [0.25, 0.3) is 0 Å². The van der Waals surface area contributed by atoms with Crippen molar-refractivity contribution in [2.24, 2.45) is 7.05 Å². The molecule has 0 unspecified atom stereocenters. The van der Waals surface area contributed by atoms with E-state index in [-0.39, 0.29) is 6.54 Å². The van der Waals surface area contributed by atoms with E-state index < -0.39 is 10.0 Å². The van der Waals surface area contributed by atoms with Crippen LogP contribution in [0, 0.1) is 13.8 Å². The van der Waals surface area contributed by atoms with Gasteiger partial charge >= 0.3 is 0 Å². The molecule has 0 atom stereocenters. The van der Waals surface area contributed by atoms with Crippen LogP contribution in [0.3, 0.4) is 0 Å². The van der Waals surface area contributed by atoms with Crippen LogP contribution < -0.4 is 10.0 Å². The van der Waals surface area contributed by atoms with E-state index in [1.54, 1.807) is 37.8 Å². The molecule has 114 valence electrons. The molecule has 0 saturated carbocycles. The molecule has 1 aromatic carbocycles. The molecule has 2 aromatic rings. The number of hydrogen-bond donors (Lipinski definition) is 2. The van der Waals surface area contributed by atoms with Gasteiger partial charge in [0.05, 0.1) is 17.1 Å². The largest absolute Gasteiger partial charge is 0.388 e. The molecule has 6 nitrogen and oxygen atoms in total. The number of aryl methyl sites for hydroxylation is 3. The van der Waals surface area contributed by atoms with Crippen LogP contribution in [-0.2, 0) is 23.6 Å². The van der Waals surface area contributed by atoms with Gasteiger partial charge in [0.1, 0.15) is 0 Å². The Morgan fingerprint density at radius 1 is 1.24 bits per heavy atom. The Bertz CT molecular complexity index is 727. The second-order valence-electron chi connectivity index (χ2n) is 4.99. The maximum atomic E-state index is 12.5. The van der Waals surface area contributed by atoms with Gasteiger partial charge < -0.3 is 5.32 Å². The van der Waals surface area contributed by atoms with Crippen molar-refractivity contribution in [1.29, 1.82) is 0 Å². The minimum Gasteiger partial charge on any atom is -0.388 e. The van der Waals surface area contributed by atoms with Gasteiger partial charge in [-0.25, -0.2) is 13.1 Å². The third-order valence-corrected chi connectivity index (χ3v) is 4.94. The van der Waals surface area contributed by atoms with E-state index in [0.29, 0.717) is 21.7 Å². The molecule has 0 fully saturated rings. The first-order valence-electron chi connectivity index (χ1n) is 6.60. The highest BCUT2D eigenvalue weighted by molar-refractivity contribution is 7.89. The van der Waals surface area contributed by atoms with Crippen LogP contribution in [0.2, 0.25) is 0 Å². The first-order chi connectivity index (χ1) is 9.83. The molecule has 0 aliphatic rings. The summed E-state index contributed by atoms with van der Waals surface area (Å²) in [6, 6.07) is 5.43. The van der Waals surface area contributed by atoms with Crippen molar-refractivity contribution < 1.29 is 8.42 Å². The predicted molar refractivity (Wildman–Crippen MR) is 82.7 cm³/mol. The lowest BCUT2D eigenvalue weighted by atomic mass is 10.1. The van der Waals surface area contributed by atoms with E-state index in [2.05, 4.69) is 15.1 Å². The number of rotatable bonds is 5. The van der Waals surface area contributed by atoms with Gasteiger partial charge in [-0.2, -0.15) is 5.10 Å². The predicted octanol–water partition coefficient (Wildman–Crippen LogP) is 1.56. The third-order valence-electron chi connectivity index (χ3n) is 3.23. The van der Waals surface area contributed by atoms with Crippen molar-refractivity contribution in [1.82, 2.24) is 14.5 Å². The lowest BCUT2D eigenvalue weighted by molar-refractivity contribution is 0.578. The average Bonchev–Trinajstić information content (AvgIpc) is 2.81. The van der Waals surface area contributed by atoms with Crippen molar-refractivity contribution in [3.05, 3.63) is 41.2 Å². The standard InChI is InChI=1S/C14H20N4O2S/c1-10-7-13(15-3)8-11(2)14(10)21(19,20)16-9-12-5-6-18(4)17-12/h5-8,15-16H,9H2,1-4H3. The monoisotopic (exact) mass is 308 g/mol. The van der Waals surface area contributed by atoms with Crippen molar-refractivity contribution in [2.45, 2.75) is 25.3 Å². The van der Waals surface area contributed by atoms with Crippen molar-refractivity contribution in [2.75, 3.05) is 12.4 Å². The van der Waals surface area contributed by atoms with E-state index in [0.717, 1.165) is 5.69 Å². The summed E-state index contributed by atoms with van der Waals surface area (Å²) in [6.07, 6.45) is 1.78. The highest BCUT2D eigenvalue weighted by Gasteiger charge is 2.20. The average molecular weight is 308 g/mol. The molecule has 0 amide bonds. The number of benzene rings is 1. The van der Waals surface area contributed by atoms with Gasteiger partial charge in [0.15, 0.2) is 0 Å². The van der Waals surface area contributed by atoms with Gasteiger partial charge in [0.2, 0.25) is 10.0 Å². The fourth-order valence-electron chi connectivity index (χ4n) is 2.32. The first-order valence-corrected chi connectivity index (χ1v) is 8.09. The molecule has 0 bridgehead atoms. The second kappa shape index (κ2) is 5.87. The highest BCUT2D eigenvalue weighted by atomic mass is 32.2. The van der Waals surface area contributed by atoms with E-state index in [9.17, 15) is 8.42 Å². The normalized spacial score (nSPS) is 11.6. The molecule has 0 radical (unpaired) electrons. The highest BCUT2D eigenvalue weighted by Crippen LogP contribution is 2.24. The van der Waals surface area contributed by atoms with E-state index in [1.807, 2.05) is 19.2 Å². The number of nitrogens with one attached hydrogen (secondary N) is 2. The minimum absolute atomic E-state index is 0.176. The van der Waals surface area contributed by atoms with Crippen molar-refractivity contribution in [3.8, 4) is 0 Å². The summed E-state index contributed by atoms with van der Waals surface area (Å²) < 4.78 is 29.2. The number of nitrogens with zero attached hydrogens (tertiary/aromatic N) is 2. The maximum absolute atomic E-state index is 12.5. The number of aromatic nitrogens is 2. The molecule has 21 heavy (non-hydrogen) atoms. The van der Waals surface area contributed by atoms with Crippen LogP contribution in [-0.4, -0.2) is 25.2 Å². The van der Waals surface area contributed by atoms with E-state index >= 15 is 0 Å². The topological polar surface area (TPSA) is 76.0 Å². The Kier molecular flexibility index (Phi) is 4.34. The molecular formula is C14H20N4O2S. The zero-order valence-corrected chi connectivity index (χ0v) is 13.5. The summed E-state index contributed by atoms with van der Waals surface area (Å²) in [5.41, 5.74) is 3.01. The minimum atomic E-state index is -3.56. The molecule has 0 aliphatic carbocycles. The van der Waals surface area contributed by atoms with Gasteiger partial charge in [-0.3, -0.25) is 4.68 Å². The first kappa shape index (κ1) is 15.5. The molecule has 0 spiro atoms. The Labute approximate surface area is 125 Å². The fraction of sp³-hybridized carbons (Fsp3) is 0.357. The third kappa shape index (κ3) is 3.43. The van der Waals surface area contributed by atoms with Gasteiger partial charge in [0, 0.05) is 26.0 Å². The summed E-state index contributed by atoms with van der Waals surface area (Å²) in [5, 5.41) is 7.18. The molecule has 0 saturated heterocycles. The van der Waals surface area contributed by atoms with Crippen LogP contribution in [0.5, 0.6) is 0 Å². The van der Waals surface area contributed by atoms with Crippen LogP contribution in [0.4, 0.5) is 5.69 Å². The Hall–Kier alpha value is -1.86. The SMILES string of the molecule is CNc1cc(C)c(S(=O)(=O)NCc2ccn(C)n2)c(C)c1. The molecule has 2 rings (SSSR count). The van der Waals surface area contributed by atoms with Crippen LogP contribution in [0.15, 0.2) is 29.3 Å². The summed E-state index contributed by atoms with van der Waals surface area (Å²) in [7, 11) is 0.0391. The fourth-order valence-corrected chi connectivity index (χ4v) is 3.76. The van der Waals surface area contributed by atoms with Gasteiger partial charge in [-0.15, -0.1) is 0 Å². The summed E-state index contributed by atoms with van der Waals surface area (Å²) in [5.74, 6) is 0. The van der Waals surface area contributed by atoms with Crippen molar-refractivity contribution >= 4 is 15.7 Å². The Morgan fingerprint density at radius 3 is 2.33 bits per heavy atom. The van der Waals surface area contributed by atoms with E-state index in [4.69, 9.17) is 0 Å². The molecular weight excluding hydrogens is 288 g/mol. The zero-order chi connectivity index (χ0) is 15.6. The molecule has 7 heteroatoms. The zero-order valence-electron chi connectivity index (χ0n) is 12.6. The Morgan fingerprint density at radius 2 is 1.86 bits per heavy atom. The number of anilines is 1. The Balaban J connectivity index is 2.27. The quantitative estimate of drug-likeness (QED) is 0.879. The van der Waals surface area contributed by atoms with Crippen LogP contribution in [0.25, 0.3) is 0 Å². The van der Waals surface area contributed by atoms with E-state index in [1.165, 1.54) is 0 Å². The van der Waals surface area contributed by atoms with Gasteiger partial charge in [-0.05, 0) is 43.2 Å². The van der Waals surface area contributed by atoms with Crippen LogP contribution >= 0.6 is 0 Å². The summed E-state index contributed by atoms with van der Waals surface area (Å²) in [4.78, 5) is 0.331. The van der Waals surface area contributed by atoms with Gasteiger partial charge in [-0.1, -0.05) is 0 Å². The molecule has 0 aliphatic heterocycles.